The van der Waals surface area contributed by atoms with E-state index in [0.717, 1.165) is 11.3 Å². The lowest BCUT2D eigenvalue weighted by Crippen LogP contribution is -2.15. The Morgan fingerprint density at radius 3 is 2.70 bits per heavy atom. The first kappa shape index (κ1) is 19.3. The molecule has 27 heavy (non-hydrogen) atoms. The molecule has 140 valence electrons. The molecule has 0 fully saturated rings. The molecular formula is C19H19ClN4O2S. The van der Waals surface area contributed by atoms with Crippen molar-refractivity contribution in [3.05, 3.63) is 64.9 Å². The van der Waals surface area contributed by atoms with Crippen LogP contribution in [0.15, 0.2) is 53.7 Å². The maximum atomic E-state index is 12.2. The average Bonchev–Trinajstić information content (AvgIpc) is 3.01. The number of aromatic nitrogens is 3. The van der Waals surface area contributed by atoms with Crippen LogP contribution >= 0.6 is 23.4 Å². The van der Waals surface area contributed by atoms with E-state index in [0.29, 0.717) is 21.8 Å². The number of hydrogen-bond acceptors (Lipinski definition) is 5. The Kier molecular flexibility index (Phi) is 6.36. The van der Waals surface area contributed by atoms with Crippen molar-refractivity contribution in [3.63, 3.8) is 0 Å². The molecule has 2 aromatic carbocycles. The third-order valence-corrected chi connectivity index (χ3v) is 5.20. The number of anilines is 1. The van der Waals surface area contributed by atoms with Crippen LogP contribution in [-0.2, 0) is 18.4 Å². The van der Waals surface area contributed by atoms with Crippen LogP contribution < -0.4 is 10.1 Å². The molecule has 0 saturated heterocycles. The maximum absolute atomic E-state index is 12.2. The van der Waals surface area contributed by atoms with Crippen LogP contribution in [0.5, 0.6) is 5.75 Å². The number of ether oxygens (including phenoxy) is 1. The summed E-state index contributed by atoms with van der Waals surface area (Å²) in [5.41, 5.74) is 1.84. The van der Waals surface area contributed by atoms with Gasteiger partial charge in [-0.2, -0.15) is 0 Å². The Morgan fingerprint density at radius 2 is 1.93 bits per heavy atom. The highest BCUT2D eigenvalue weighted by Crippen LogP contribution is 2.24. The van der Waals surface area contributed by atoms with Gasteiger partial charge in [-0.3, -0.25) is 4.79 Å². The molecular weight excluding hydrogens is 384 g/mol. The molecule has 0 aliphatic carbocycles. The number of para-hydroxylation sites is 2. The second-order valence-corrected chi connectivity index (χ2v) is 7.18. The minimum absolute atomic E-state index is 0.0915. The fourth-order valence-electron chi connectivity index (χ4n) is 2.33. The lowest BCUT2D eigenvalue weighted by atomic mass is 10.2. The standard InChI is InChI=1S/C19H19ClN4O2S/c1-13-7-3-5-9-15(13)21-18(25)12-27-19-23-22-17(24(19)2)11-26-16-10-6-4-8-14(16)20/h3-10H,11-12H2,1-2H3,(H,21,25). The second kappa shape index (κ2) is 8.92. The molecule has 1 amide bonds. The molecule has 0 aliphatic rings. The molecule has 0 spiro atoms. The number of benzene rings is 2. The van der Waals surface area contributed by atoms with Crippen LogP contribution in [0.4, 0.5) is 5.69 Å². The van der Waals surface area contributed by atoms with Crippen molar-refractivity contribution >= 4 is 35.0 Å². The Bertz CT molecular complexity index is 945. The highest BCUT2D eigenvalue weighted by atomic mass is 35.5. The van der Waals surface area contributed by atoms with Gasteiger partial charge in [0.2, 0.25) is 5.91 Å². The van der Waals surface area contributed by atoms with Crippen LogP contribution in [0.3, 0.4) is 0 Å². The number of hydrogen-bond donors (Lipinski definition) is 1. The van der Waals surface area contributed by atoms with E-state index in [2.05, 4.69) is 15.5 Å². The van der Waals surface area contributed by atoms with E-state index < -0.39 is 0 Å². The summed E-state index contributed by atoms with van der Waals surface area (Å²) in [7, 11) is 1.84. The lowest BCUT2D eigenvalue weighted by molar-refractivity contribution is -0.113. The number of amides is 1. The smallest absolute Gasteiger partial charge is 0.234 e. The van der Waals surface area contributed by atoms with E-state index in [1.807, 2.05) is 54.9 Å². The molecule has 0 unspecified atom stereocenters. The minimum Gasteiger partial charge on any atom is -0.484 e. The van der Waals surface area contributed by atoms with Gasteiger partial charge in [-0.05, 0) is 30.7 Å². The molecule has 6 nitrogen and oxygen atoms in total. The van der Waals surface area contributed by atoms with Crippen molar-refractivity contribution in [3.8, 4) is 5.75 Å². The zero-order valence-corrected chi connectivity index (χ0v) is 16.5. The number of rotatable bonds is 7. The van der Waals surface area contributed by atoms with Gasteiger partial charge in [0.15, 0.2) is 11.0 Å². The number of nitrogens with zero attached hydrogens (tertiary/aromatic N) is 3. The predicted octanol–water partition coefficient (Wildman–Crippen LogP) is 4.09. The van der Waals surface area contributed by atoms with Gasteiger partial charge in [-0.1, -0.05) is 53.7 Å². The quantitative estimate of drug-likeness (QED) is 0.603. The number of nitrogens with one attached hydrogen (secondary N) is 1. The van der Waals surface area contributed by atoms with E-state index in [9.17, 15) is 4.79 Å². The number of thioether (sulfide) groups is 1. The summed E-state index contributed by atoms with van der Waals surface area (Å²) in [5, 5.41) is 12.4. The number of carbonyl (C=O) groups is 1. The summed E-state index contributed by atoms with van der Waals surface area (Å²) in [6, 6.07) is 14.9. The van der Waals surface area contributed by atoms with Crippen LogP contribution in [0.2, 0.25) is 5.02 Å². The summed E-state index contributed by atoms with van der Waals surface area (Å²) in [4.78, 5) is 12.2. The zero-order valence-electron chi connectivity index (χ0n) is 15.0. The molecule has 0 aliphatic heterocycles. The van der Waals surface area contributed by atoms with Crippen molar-refractivity contribution in [1.82, 2.24) is 14.8 Å². The van der Waals surface area contributed by atoms with Gasteiger partial charge in [0.1, 0.15) is 12.4 Å². The summed E-state index contributed by atoms with van der Waals surface area (Å²) < 4.78 is 7.50. The molecule has 3 aromatic rings. The predicted molar refractivity (Wildman–Crippen MR) is 107 cm³/mol. The van der Waals surface area contributed by atoms with Crippen LogP contribution in [0.25, 0.3) is 0 Å². The highest BCUT2D eigenvalue weighted by Gasteiger charge is 2.13. The molecule has 1 N–H and O–H groups in total. The summed E-state index contributed by atoms with van der Waals surface area (Å²) in [5.74, 6) is 1.39. The topological polar surface area (TPSA) is 69.0 Å². The van der Waals surface area contributed by atoms with Crippen LogP contribution in [0.1, 0.15) is 11.4 Å². The first-order chi connectivity index (χ1) is 13.0. The van der Waals surface area contributed by atoms with Gasteiger partial charge in [0.05, 0.1) is 10.8 Å². The largest absolute Gasteiger partial charge is 0.484 e. The molecule has 0 radical (unpaired) electrons. The fourth-order valence-corrected chi connectivity index (χ4v) is 3.25. The Labute approximate surface area is 166 Å². The van der Waals surface area contributed by atoms with Crippen LogP contribution in [-0.4, -0.2) is 26.4 Å². The van der Waals surface area contributed by atoms with Gasteiger partial charge in [-0.15, -0.1) is 10.2 Å². The summed E-state index contributed by atoms with van der Waals surface area (Å²) in [6.07, 6.45) is 0. The van der Waals surface area contributed by atoms with E-state index in [4.69, 9.17) is 16.3 Å². The van der Waals surface area contributed by atoms with E-state index in [1.165, 1.54) is 11.8 Å². The summed E-state index contributed by atoms with van der Waals surface area (Å²) in [6.45, 7) is 2.19. The van der Waals surface area contributed by atoms with E-state index in [1.54, 1.807) is 12.1 Å². The van der Waals surface area contributed by atoms with Gasteiger partial charge in [0, 0.05) is 12.7 Å². The van der Waals surface area contributed by atoms with Crippen molar-refractivity contribution in [2.24, 2.45) is 7.05 Å². The number of aryl methyl sites for hydroxylation is 1. The second-order valence-electron chi connectivity index (χ2n) is 5.83. The van der Waals surface area contributed by atoms with Crippen molar-refractivity contribution in [1.29, 1.82) is 0 Å². The fraction of sp³-hybridized carbons (Fsp3) is 0.211. The average molecular weight is 403 g/mol. The number of carbonyl (C=O) groups excluding carboxylic acids is 1. The van der Waals surface area contributed by atoms with Gasteiger partial charge in [-0.25, -0.2) is 0 Å². The molecule has 3 rings (SSSR count). The van der Waals surface area contributed by atoms with Gasteiger partial charge in [0.25, 0.3) is 0 Å². The van der Waals surface area contributed by atoms with Gasteiger partial charge < -0.3 is 14.6 Å². The molecule has 0 atom stereocenters. The van der Waals surface area contributed by atoms with Crippen molar-refractivity contribution in [2.45, 2.75) is 18.7 Å². The Hall–Kier alpha value is -2.51. The molecule has 1 heterocycles. The third kappa shape index (κ3) is 5.02. The summed E-state index contributed by atoms with van der Waals surface area (Å²) >= 11 is 7.40. The third-order valence-electron chi connectivity index (χ3n) is 3.87. The number of halogens is 1. The molecule has 0 bridgehead atoms. The molecule has 0 saturated carbocycles. The minimum atomic E-state index is -0.0915. The molecule has 8 heteroatoms. The maximum Gasteiger partial charge on any atom is 0.234 e. The van der Waals surface area contributed by atoms with Crippen LogP contribution in [0, 0.1) is 6.92 Å². The van der Waals surface area contributed by atoms with Crippen molar-refractivity contribution < 1.29 is 9.53 Å². The highest BCUT2D eigenvalue weighted by molar-refractivity contribution is 7.99. The zero-order chi connectivity index (χ0) is 19.2. The monoisotopic (exact) mass is 402 g/mol. The van der Waals surface area contributed by atoms with Gasteiger partial charge >= 0.3 is 0 Å². The normalized spacial score (nSPS) is 10.6. The molecule has 1 aromatic heterocycles. The SMILES string of the molecule is Cc1ccccc1NC(=O)CSc1nnc(COc2ccccc2Cl)n1C. The Morgan fingerprint density at radius 1 is 1.19 bits per heavy atom. The first-order valence-corrected chi connectivity index (χ1v) is 9.65. The van der Waals surface area contributed by atoms with E-state index >= 15 is 0 Å². The van der Waals surface area contributed by atoms with Crippen molar-refractivity contribution in [2.75, 3.05) is 11.1 Å². The first-order valence-electron chi connectivity index (χ1n) is 8.28. The van der Waals surface area contributed by atoms with E-state index in [-0.39, 0.29) is 18.3 Å². The Balaban J connectivity index is 1.55. The lowest BCUT2D eigenvalue weighted by Gasteiger charge is -2.08.